The fourth-order valence-corrected chi connectivity index (χ4v) is 0. The van der Waals surface area contributed by atoms with E-state index in [1.807, 2.05) is 0 Å². The van der Waals surface area contributed by atoms with E-state index in [0.717, 1.165) is 0 Å². The Kier molecular flexibility index (Phi) is 114000. The molecule has 2 heteroatoms. The van der Waals surface area contributed by atoms with Crippen molar-refractivity contribution in [2.75, 3.05) is 6.67 Å². The molecule has 0 amide bonds. The molecule has 0 fully saturated rings. The molecule has 0 heterocycles. The molecule has 0 atom stereocenters. The zero-order chi connectivity index (χ0) is 10.7. The highest BCUT2D eigenvalue weighted by atomic mass is 14.7. The van der Waals surface area contributed by atoms with Crippen LogP contribution in [0.4, 0.5) is 0 Å². The lowest BCUT2D eigenvalue weighted by atomic mass is 11.3. The molecule has 0 aliphatic rings. The lowest BCUT2D eigenvalue weighted by Gasteiger charge is -1.56. The van der Waals surface area contributed by atoms with E-state index in [0.29, 0.717) is 0 Å². The average molecular weight is 158 g/mol. The molecule has 11 heavy (non-hydrogen) atoms. The van der Waals surface area contributed by atoms with Gasteiger partial charge in [-0.25, -0.2) is 0 Å². The van der Waals surface area contributed by atoms with Crippen molar-refractivity contribution in [2.45, 2.75) is 0 Å². The Morgan fingerprint density at radius 1 is 0.545 bits per heavy atom. The van der Waals surface area contributed by atoms with E-state index in [4.69, 9.17) is 0 Å². The van der Waals surface area contributed by atoms with Crippen LogP contribution in [0.3, 0.4) is 0 Å². The van der Waals surface area contributed by atoms with Crippen LogP contribution in [0.1, 0.15) is 0 Å². The zero-order valence-electron chi connectivity index (χ0n) is 7.52. The summed E-state index contributed by atoms with van der Waals surface area (Å²) < 4.78 is 0. The van der Waals surface area contributed by atoms with Gasteiger partial charge in [-0.2, -0.15) is 0 Å². The van der Waals surface area contributed by atoms with Crippen molar-refractivity contribution in [3.63, 3.8) is 0 Å². The Morgan fingerprint density at radius 3 is 0.545 bits per heavy atom. The quantitative estimate of drug-likeness (QED) is 0.419. The predicted molar refractivity (Wildman–Crippen MR) is 58.3 cm³/mol. The van der Waals surface area contributed by atoms with Gasteiger partial charge >= 0.3 is 0 Å². The second-order valence-electron chi connectivity index (χ2n) is 0.236. The van der Waals surface area contributed by atoms with Gasteiger partial charge in [0.15, 0.2) is 0 Å². The third-order valence-corrected chi connectivity index (χ3v) is 0. The lowest BCUT2D eigenvalue weighted by molar-refractivity contribution is 1.07. The molecule has 68 valence electrons. The Morgan fingerprint density at radius 2 is 0.545 bits per heavy atom. The van der Waals surface area contributed by atoms with Gasteiger partial charge in [0, 0.05) is 6.67 Å². The molecule has 0 bridgehead atoms. The smallest absolute Gasteiger partial charge is 0.0403 e. The van der Waals surface area contributed by atoms with Gasteiger partial charge in [0.25, 0.3) is 0 Å². The van der Waals surface area contributed by atoms with Gasteiger partial charge in [-0.05, 0) is 0 Å². The first-order valence-electron chi connectivity index (χ1n) is 2.82. The van der Waals surface area contributed by atoms with E-state index in [9.17, 15) is 0 Å². The summed E-state index contributed by atoms with van der Waals surface area (Å²) in [6.07, 6.45) is 0. The minimum absolute atomic E-state index is 0.250. The molecule has 0 aromatic heterocycles. The van der Waals surface area contributed by atoms with Gasteiger partial charge in [-0.15, -0.1) is 52.6 Å². The number of nitrogens with two attached hydrogens (primary N) is 2. The van der Waals surface area contributed by atoms with Crippen LogP contribution in [0.2, 0.25) is 0 Å². The highest BCUT2D eigenvalue weighted by Crippen LogP contribution is 0.870. The monoisotopic (exact) mass is 158 g/mol. The Balaban J connectivity index is -0.0000000139. The van der Waals surface area contributed by atoms with Crippen LogP contribution in [0.15, 0.2) is 52.6 Å². The normalized spacial score (nSPS) is 3.09. The van der Waals surface area contributed by atoms with Gasteiger partial charge in [-0.3, -0.25) is 0 Å². The molecule has 0 radical (unpaired) electrons. The van der Waals surface area contributed by atoms with Gasteiger partial charge < -0.3 is 11.5 Å². The first-order chi connectivity index (χ1) is 5.41. The maximum atomic E-state index is 4.62. The van der Waals surface area contributed by atoms with E-state index in [2.05, 4.69) is 64.1 Å². The van der Waals surface area contributed by atoms with Gasteiger partial charge in [0.05, 0.1) is 0 Å². The molecule has 0 saturated heterocycles. The van der Waals surface area contributed by atoms with E-state index in [1.165, 1.54) is 0 Å². The number of hydrogen-bond donors (Lipinski definition) is 2. The maximum absolute atomic E-state index is 4.62. The van der Waals surface area contributed by atoms with E-state index >= 15 is 0 Å². The number of rotatable bonds is 0. The molecule has 0 aliphatic heterocycles. The minimum atomic E-state index is 0.250. The third kappa shape index (κ3) is 335. The van der Waals surface area contributed by atoms with Crippen molar-refractivity contribution in [2.24, 2.45) is 11.5 Å². The minimum Gasteiger partial charge on any atom is -0.319 e. The van der Waals surface area contributed by atoms with E-state index < -0.39 is 0 Å². The molecule has 0 aromatic rings. The highest BCUT2D eigenvalue weighted by molar-refractivity contribution is 4.23. The largest absolute Gasteiger partial charge is 0.319 e. The highest BCUT2D eigenvalue weighted by Gasteiger charge is 1.29. The fourth-order valence-electron chi connectivity index (χ4n) is 0. The molecule has 0 spiro atoms. The van der Waals surface area contributed by atoms with Crippen LogP contribution >= 0.6 is 0 Å². The summed E-state index contributed by atoms with van der Waals surface area (Å²) in [5.41, 5.74) is 9.25. The van der Waals surface area contributed by atoms with Crippen molar-refractivity contribution < 1.29 is 0 Å². The molecule has 4 N–H and O–H groups in total. The van der Waals surface area contributed by atoms with Crippen molar-refractivity contribution in [1.82, 2.24) is 0 Å². The van der Waals surface area contributed by atoms with Gasteiger partial charge in [0.2, 0.25) is 0 Å². The second-order valence-corrected chi connectivity index (χ2v) is 0.236. The summed E-state index contributed by atoms with van der Waals surface area (Å²) in [5.74, 6) is 0. The standard InChI is InChI=1S/4C2H4.CH6N2/c4*1-2;2-1-3/h4*1-2H2;1-3H2. The van der Waals surface area contributed by atoms with Crippen molar-refractivity contribution in [3.05, 3.63) is 52.6 Å². The maximum Gasteiger partial charge on any atom is 0.0403 e. The summed E-state index contributed by atoms with van der Waals surface area (Å²) in [6, 6.07) is 0. The molecule has 2 nitrogen and oxygen atoms in total. The van der Waals surface area contributed by atoms with Crippen LogP contribution in [0.5, 0.6) is 0 Å². The summed E-state index contributed by atoms with van der Waals surface area (Å²) >= 11 is 0. The molecule has 0 aromatic carbocycles. The Bertz CT molecular complexity index is 22.7. The van der Waals surface area contributed by atoms with Crippen LogP contribution < -0.4 is 11.5 Å². The summed E-state index contributed by atoms with van der Waals surface area (Å²) in [6.45, 7) is 24.2. The summed E-state index contributed by atoms with van der Waals surface area (Å²) in [5, 5.41) is 0. The Labute approximate surface area is 71.6 Å². The summed E-state index contributed by atoms with van der Waals surface area (Å²) in [7, 11) is 0. The van der Waals surface area contributed by atoms with Crippen LogP contribution in [-0.4, -0.2) is 6.67 Å². The molecular formula is C9H22N2. The summed E-state index contributed by atoms with van der Waals surface area (Å²) in [4.78, 5) is 0. The SMILES string of the molecule is C=C.C=C.C=C.C=C.NCN. The van der Waals surface area contributed by atoms with Crippen molar-refractivity contribution in [1.29, 1.82) is 0 Å². The Hall–Kier alpha value is -1.12. The average Bonchev–Trinajstić information content (AvgIpc) is 2.18. The van der Waals surface area contributed by atoms with Crippen LogP contribution in [0, 0.1) is 0 Å². The lowest BCUT2D eigenvalue weighted by Crippen LogP contribution is -2.08. The van der Waals surface area contributed by atoms with Crippen molar-refractivity contribution in [3.8, 4) is 0 Å². The first kappa shape index (κ1) is 32.7. The zero-order valence-corrected chi connectivity index (χ0v) is 7.52. The molecular weight excluding hydrogens is 136 g/mol. The van der Waals surface area contributed by atoms with Gasteiger partial charge in [0.1, 0.15) is 0 Å². The van der Waals surface area contributed by atoms with Gasteiger partial charge in [-0.1, -0.05) is 0 Å². The van der Waals surface area contributed by atoms with Crippen LogP contribution in [0.25, 0.3) is 0 Å². The number of hydrogen-bond acceptors (Lipinski definition) is 2. The fraction of sp³-hybridized carbons (Fsp3) is 0.111. The topological polar surface area (TPSA) is 52.0 Å². The molecule has 0 saturated carbocycles. The van der Waals surface area contributed by atoms with Crippen LogP contribution in [-0.2, 0) is 0 Å². The second kappa shape index (κ2) is 38300. The van der Waals surface area contributed by atoms with Crippen molar-refractivity contribution >= 4 is 0 Å². The molecule has 0 rings (SSSR count). The van der Waals surface area contributed by atoms with E-state index in [1.54, 1.807) is 0 Å². The molecule has 0 unspecified atom stereocenters. The molecule has 0 aliphatic carbocycles. The first-order valence-corrected chi connectivity index (χ1v) is 2.82. The third-order valence-electron chi connectivity index (χ3n) is 0. The van der Waals surface area contributed by atoms with E-state index in [-0.39, 0.29) is 6.67 Å². The predicted octanol–water partition coefficient (Wildman–Crippen LogP) is 2.07.